The van der Waals surface area contributed by atoms with Crippen molar-refractivity contribution < 1.29 is 14.3 Å². The molecule has 2 aliphatic rings. The van der Waals surface area contributed by atoms with Gasteiger partial charge in [-0.15, -0.1) is 0 Å². The van der Waals surface area contributed by atoms with E-state index in [1.807, 2.05) is 7.05 Å². The number of rotatable bonds is 5. The summed E-state index contributed by atoms with van der Waals surface area (Å²) in [5.74, 6) is 0.210. The minimum Gasteiger partial charge on any atom is -0.390 e. The Morgan fingerprint density at radius 1 is 1.45 bits per heavy atom. The third-order valence-corrected chi connectivity index (χ3v) is 4.77. The number of likely N-dealkylation sites (tertiary alicyclic amines) is 1. The largest absolute Gasteiger partial charge is 0.390 e. The number of aryl methyl sites for hydroxylation is 1. The van der Waals surface area contributed by atoms with Gasteiger partial charge in [-0.25, -0.2) is 4.39 Å². The summed E-state index contributed by atoms with van der Waals surface area (Å²) in [5, 5.41) is 9.41. The lowest BCUT2D eigenvalue weighted by atomic mass is 10.0. The van der Waals surface area contributed by atoms with Gasteiger partial charge in [-0.2, -0.15) is 0 Å². The Morgan fingerprint density at radius 2 is 2.14 bits per heavy atom. The summed E-state index contributed by atoms with van der Waals surface area (Å²) < 4.78 is 13.4. The van der Waals surface area contributed by atoms with E-state index in [0.717, 1.165) is 19.4 Å². The predicted octanol–water partition coefficient (Wildman–Crippen LogP) is 1.66. The minimum atomic E-state index is -0.285. The molecule has 3 rings (SSSR count). The zero-order valence-corrected chi connectivity index (χ0v) is 13.1. The van der Waals surface area contributed by atoms with E-state index in [1.54, 1.807) is 24.0 Å². The van der Waals surface area contributed by atoms with Gasteiger partial charge in [-0.3, -0.25) is 9.69 Å². The molecule has 1 atom stereocenters. The number of halogens is 1. The third kappa shape index (κ3) is 3.15. The summed E-state index contributed by atoms with van der Waals surface area (Å²) in [4.78, 5) is 16.7. The number of nitrogens with zero attached hydrogens (tertiary/aromatic N) is 2. The summed E-state index contributed by atoms with van der Waals surface area (Å²) in [7, 11) is 1.83. The third-order valence-electron chi connectivity index (χ3n) is 4.77. The molecular formula is C17H23FN2O2. The van der Waals surface area contributed by atoms with Crippen LogP contribution in [0.5, 0.6) is 0 Å². The highest BCUT2D eigenvalue weighted by Crippen LogP contribution is 2.36. The van der Waals surface area contributed by atoms with Gasteiger partial charge in [0, 0.05) is 38.3 Å². The second-order valence-corrected chi connectivity index (χ2v) is 6.66. The molecule has 0 unspecified atom stereocenters. The monoisotopic (exact) mass is 306 g/mol. The van der Waals surface area contributed by atoms with E-state index in [1.165, 1.54) is 6.07 Å². The van der Waals surface area contributed by atoms with Crippen LogP contribution >= 0.6 is 0 Å². The molecule has 0 aromatic heterocycles. The molecule has 120 valence electrons. The second kappa shape index (κ2) is 5.97. The van der Waals surface area contributed by atoms with Crippen LogP contribution in [0.2, 0.25) is 0 Å². The van der Waals surface area contributed by atoms with Gasteiger partial charge in [0.1, 0.15) is 5.82 Å². The number of aliphatic hydroxyl groups is 1. The quantitative estimate of drug-likeness (QED) is 0.900. The molecule has 4 nitrogen and oxygen atoms in total. The molecule has 1 amide bonds. The zero-order valence-electron chi connectivity index (χ0n) is 13.1. The number of carbonyl (C=O) groups is 1. The fourth-order valence-electron chi connectivity index (χ4n) is 3.16. The van der Waals surface area contributed by atoms with Crippen molar-refractivity contribution in [1.29, 1.82) is 0 Å². The first-order valence-electron chi connectivity index (χ1n) is 7.89. The molecule has 1 aliphatic heterocycles. The van der Waals surface area contributed by atoms with Gasteiger partial charge in [-0.1, -0.05) is 0 Å². The average molecular weight is 306 g/mol. The van der Waals surface area contributed by atoms with Crippen LogP contribution in [0.1, 0.15) is 28.8 Å². The first-order chi connectivity index (χ1) is 10.5. The smallest absolute Gasteiger partial charge is 0.253 e. The van der Waals surface area contributed by atoms with Gasteiger partial charge in [0.25, 0.3) is 5.91 Å². The van der Waals surface area contributed by atoms with Crippen LogP contribution < -0.4 is 0 Å². The van der Waals surface area contributed by atoms with Crippen molar-refractivity contribution >= 4 is 5.91 Å². The fraction of sp³-hybridized carbons (Fsp3) is 0.588. The van der Waals surface area contributed by atoms with Crippen molar-refractivity contribution in [3.8, 4) is 0 Å². The SMILES string of the molecule is Cc1cc(C(=O)N(C)[C@H](CN2CC(O)C2)C2CC2)ccc1F. The summed E-state index contributed by atoms with van der Waals surface area (Å²) in [6.07, 6.45) is 2.09. The lowest BCUT2D eigenvalue weighted by molar-refractivity contribution is -0.0127. The van der Waals surface area contributed by atoms with Crippen LogP contribution in [0, 0.1) is 18.7 Å². The van der Waals surface area contributed by atoms with Crippen molar-refractivity contribution in [3.63, 3.8) is 0 Å². The molecule has 22 heavy (non-hydrogen) atoms. The first kappa shape index (κ1) is 15.4. The summed E-state index contributed by atoms with van der Waals surface area (Å²) in [6.45, 7) is 3.87. The van der Waals surface area contributed by atoms with Crippen LogP contribution in [0.15, 0.2) is 18.2 Å². The Bertz CT molecular complexity index is 568. The molecule has 1 N–H and O–H groups in total. The molecule has 1 heterocycles. The molecule has 1 aromatic rings. The Kier molecular flexibility index (Phi) is 4.19. The van der Waals surface area contributed by atoms with E-state index < -0.39 is 0 Å². The summed E-state index contributed by atoms with van der Waals surface area (Å²) >= 11 is 0. The number of hydrogen-bond acceptors (Lipinski definition) is 3. The van der Waals surface area contributed by atoms with Crippen molar-refractivity contribution in [2.75, 3.05) is 26.7 Å². The van der Waals surface area contributed by atoms with Gasteiger partial charge in [0.15, 0.2) is 0 Å². The maximum Gasteiger partial charge on any atom is 0.253 e. The number of amides is 1. The highest BCUT2D eigenvalue weighted by Gasteiger charge is 2.39. The van der Waals surface area contributed by atoms with Crippen LogP contribution in [0.4, 0.5) is 4.39 Å². The van der Waals surface area contributed by atoms with Crippen molar-refractivity contribution in [2.45, 2.75) is 31.9 Å². The number of hydrogen-bond donors (Lipinski definition) is 1. The van der Waals surface area contributed by atoms with Crippen LogP contribution in [0.3, 0.4) is 0 Å². The Morgan fingerprint density at radius 3 is 2.68 bits per heavy atom. The van der Waals surface area contributed by atoms with E-state index in [-0.39, 0.29) is 23.9 Å². The maximum atomic E-state index is 13.4. The molecular weight excluding hydrogens is 283 g/mol. The van der Waals surface area contributed by atoms with Crippen LogP contribution in [-0.2, 0) is 0 Å². The van der Waals surface area contributed by atoms with Gasteiger partial charge in [0.2, 0.25) is 0 Å². The lowest BCUT2D eigenvalue weighted by Gasteiger charge is -2.40. The van der Waals surface area contributed by atoms with Gasteiger partial charge < -0.3 is 10.0 Å². The number of aliphatic hydroxyl groups excluding tert-OH is 1. The van der Waals surface area contributed by atoms with E-state index in [2.05, 4.69) is 4.90 Å². The molecule has 1 aromatic carbocycles. The Hall–Kier alpha value is -1.46. The van der Waals surface area contributed by atoms with Gasteiger partial charge in [-0.05, 0) is 49.4 Å². The Labute approximate surface area is 130 Å². The molecule has 1 aliphatic carbocycles. The number of β-amino-alcohol motifs (C(OH)–C–C–N with tert-alkyl or cyclic N) is 1. The van der Waals surface area contributed by atoms with Crippen molar-refractivity contribution in [1.82, 2.24) is 9.80 Å². The van der Waals surface area contributed by atoms with Crippen LogP contribution in [0.25, 0.3) is 0 Å². The molecule has 5 heteroatoms. The summed E-state index contributed by atoms with van der Waals surface area (Å²) in [6, 6.07) is 4.70. The lowest BCUT2D eigenvalue weighted by Crippen LogP contribution is -2.56. The maximum absolute atomic E-state index is 13.4. The summed E-state index contributed by atoms with van der Waals surface area (Å²) in [5.41, 5.74) is 1.03. The van der Waals surface area contributed by atoms with Gasteiger partial charge >= 0.3 is 0 Å². The number of benzene rings is 1. The molecule has 1 saturated heterocycles. The van der Waals surface area contributed by atoms with E-state index in [9.17, 15) is 14.3 Å². The molecule has 0 spiro atoms. The topological polar surface area (TPSA) is 43.8 Å². The second-order valence-electron chi connectivity index (χ2n) is 6.66. The molecule has 0 radical (unpaired) electrons. The zero-order chi connectivity index (χ0) is 15.9. The number of carbonyl (C=O) groups excluding carboxylic acids is 1. The normalized spacial score (nSPS) is 20.5. The average Bonchev–Trinajstić information content (AvgIpc) is 3.28. The van der Waals surface area contributed by atoms with Crippen molar-refractivity contribution in [3.05, 3.63) is 35.1 Å². The van der Waals surface area contributed by atoms with E-state index in [0.29, 0.717) is 30.1 Å². The van der Waals surface area contributed by atoms with E-state index >= 15 is 0 Å². The minimum absolute atomic E-state index is 0.0546. The predicted molar refractivity (Wildman–Crippen MR) is 82.2 cm³/mol. The van der Waals surface area contributed by atoms with Crippen LogP contribution in [-0.4, -0.2) is 59.6 Å². The van der Waals surface area contributed by atoms with Crippen molar-refractivity contribution in [2.24, 2.45) is 5.92 Å². The Balaban J connectivity index is 1.70. The van der Waals surface area contributed by atoms with Gasteiger partial charge in [0.05, 0.1) is 6.10 Å². The molecule has 1 saturated carbocycles. The fourth-order valence-corrected chi connectivity index (χ4v) is 3.16. The molecule has 0 bridgehead atoms. The molecule has 2 fully saturated rings. The standard InChI is InChI=1S/C17H23FN2O2/c1-11-7-13(5-6-15(11)18)17(22)19(2)16(12-3-4-12)10-20-8-14(21)9-20/h5-7,12,14,16,21H,3-4,8-10H2,1-2H3/t16-/m1/s1. The number of likely N-dealkylation sites (N-methyl/N-ethyl adjacent to an activating group) is 1. The highest BCUT2D eigenvalue weighted by atomic mass is 19.1. The first-order valence-corrected chi connectivity index (χ1v) is 7.89. The highest BCUT2D eigenvalue weighted by molar-refractivity contribution is 5.94. The van der Waals surface area contributed by atoms with E-state index in [4.69, 9.17) is 0 Å².